The lowest BCUT2D eigenvalue weighted by atomic mass is 10.0. The Bertz CT molecular complexity index is 351. The van der Waals surface area contributed by atoms with Crippen LogP contribution in [-0.2, 0) is 0 Å². The summed E-state index contributed by atoms with van der Waals surface area (Å²) in [7, 11) is 0. The van der Waals surface area contributed by atoms with Crippen molar-refractivity contribution in [2.24, 2.45) is 0 Å². The van der Waals surface area contributed by atoms with Crippen molar-refractivity contribution in [3.8, 4) is 0 Å². The third kappa shape index (κ3) is 3.19. The second-order valence-corrected chi connectivity index (χ2v) is 4.84. The van der Waals surface area contributed by atoms with Crippen LogP contribution in [0.15, 0.2) is 18.3 Å². The normalized spacial score (nSPS) is 20.6. The number of hydrogen-bond acceptors (Lipinski definition) is 3. The van der Waals surface area contributed by atoms with Crippen LogP contribution >= 0.6 is 0 Å². The van der Waals surface area contributed by atoms with E-state index >= 15 is 0 Å². The quantitative estimate of drug-likeness (QED) is 0.865. The van der Waals surface area contributed by atoms with Gasteiger partial charge < -0.3 is 10.2 Å². The van der Waals surface area contributed by atoms with Gasteiger partial charge in [0, 0.05) is 25.3 Å². The number of piperidine rings is 1. The van der Waals surface area contributed by atoms with Crippen LogP contribution in [0.25, 0.3) is 0 Å². The van der Waals surface area contributed by atoms with Gasteiger partial charge in [-0.05, 0) is 50.4 Å². The number of hydrogen-bond donors (Lipinski definition) is 1. The summed E-state index contributed by atoms with van der Waals surface area (Å²) >= 11 is 0. The van der Waals surface area contributed by atoms with E-state index in [9.17, 15) is 0 Å². The second-order valence-electron chi connectivity index (χ2n) is 4.84. The molecule has 0 aliphatic carbocycles. The van der Waals surface area contributed by atoms with Crippen LogP contribution in [0, 0.1) is 6.92 Å². The first-order valence-corrected chi connectivity index (χ1v) is 6.71. The minimum atomic E-state index is 0.609. The van der Waals surface area contributed by atoms with Crippen molar-refractivity contribution in [1.29, 1.82) is 0 Å². The molecule has 0 saturated carbocycles. The molecule has 1 atom stereocenters. The molecule has 1 aliphatic heterocycles. The molecule has 1 N–H and O–H groups in total. The van der Waals surface area contributed by atoms with E-state index in [0.29, 0.717) is 6.04 Å². The Morgan fingerprint density at radius 3 is 3.12 bits per heavy atom. The molecule has 1 fully saturated rings. The lowest BCUT2D eigenvalue weighted by molar-refractivity contribution is 0.436. The number of nitrogens with zero attached hydrogens (tertiary/aromatic N) is 2. The van der Waals surface area contributed by atoms with Gasteiger partial charge in [0.1, 0.15) is 5.82 Å². The van der Waals surface area contributed by atoms with Gasteiger partial charge in [-0.25, -0.2) is 4.98 Å². The average molecular weight is 233 g/mol. The van der Waals surface area contributed by atoms with E-state index < -0.39 is 0 Å². The third-order valence-electron chi connectivity index (χ3n) is 3.45. The van der Waals surface area contributed by atoms with Gasteiger partial charge in [-0.15, -0.1) is 0 Å². The number of aromatic nitrogens is 1. The first-order valence-electron chi connectivity index (χ1n) is 6.71. The predicted octanol–water partition coefficient (Wildman–Crippen LogP) is 2.36. The van der Waals surface area contributed by atoms with Gasteiger partial charge in [0.05, 0.1) is 0 Å². The molecule has 1 aromatic heterocycles. The lowest BCUT2D eigenvalue weighted by Gasteiger charge is -2.37. The van der Waals surface area contributed by atoms with Crippen molar-refractivity contribution >= 4 is 5.82 Å². The van der Waals surface area contributed by atoms with E-state index in [1.165, 1.54) is 24.8 Å². The maximum absolute atomic E-state index is 4.52. The fraction of sp³-hybridized carbons (Fsp3) is 0.643. The molecule has 2 rings (SSSR count). The molecule has 0 radical (unpaired) electrons. The van der Waals surface area contributed by atoms with Crippen molar-refractivity contribution < 1.29 is 0 Å². The minimum absolute atomic E-state index is 0.609. The molecule has 1 saturated heterocycles. The summed E-state index contributed by atoms with van der Waals surface area (Å²) in [6, 6.07) is 4.87. The van der Waals surface area contributed by atoms with Gasteiger partial charge in [0.25, 0.3) is 0 Å². The first kappa shape index (κ1) is 12.4. The highest BCUT2D eigenvalue weighted by molar-refractivity contribution is 5.42. The Hall–Kier alpha value is -1.09. The smallest absolute Gasteiger partial charge is 0.129 e. The van der Waals surface area contributed by atoms with Crippen molar-refractivity contribution in [2.75, 3.05) is 24.5 Å². The molecule has 0 amide bonds. The summed E-state index contributed by atoms with van der Waals surface area (Å²) in [5, 5.41) is 3.46. The number of aryl methyl sites for hydroxylation is 1. The standard InChI is InChI=1S/C14H23N3/c1-3-15-11-13-6-4-5-9-17(13)14-10-12(2)7-8-16-14/h7-8,10,13,15H,3-6,9,11H2,1-2H3. The zero-order valence-electron chi connectivity index (χ0n) is 10.9. The van der Waals surface area contributed by atoms with Crippen LogP contribution < -0.4 is 10.2 Å². The average Bonchev–Trinajstić information content (AvgIpc) is 2.37. The van der Waals surface area contributed by atoms with Crippen molar-refractivity contribution in [1.82, 2.24) is 10.3 Å². The van der Waals surface area contributed by atoms with E-state index in [-0.39, 0.29) is 0 Å². The van der Waals surface area contributed by atoms with Crippen LogP contribution in [0.1, 0.15) is 31.7 Å². The maximum Gasteiger partial charge on any atom is 0.129 e. The molecule has 3 heteroatoms. The molecule has 2 heterocycles. The molecule has 1 aromatic rings. The van der Waals surface area contributed by atoms with Crippen LogP contribution in [0.2, 0.25) is 0 Å². The number of pyridine rings is 1. The second kappa shape index (κ2) is 6.01. The van der Waals surface area contributed by atoms with Gasteiger partial charge in [0.15, 0.2) is 0 Å². The van der Waals surface area contributed by atoms with Crippen LogP contribution in [0.3, 0.4) is 0 Å². The number of anilines is 1. The molecule has 1 unspecified atom stereocenters. The highest BCUT2D eigenvalue weighted by atomic mass is 15.2. The number of nitrogens with one attached hydrogen (secondary N) is 1. The van der Waals surface area contributed by atoms with Crippen molar-refractivity contribution in [3.05, 3.63) is 23.9 Å². The molecule has 94 valence electrons. The Labute approximate surface area is 104 Å². The molecule has 0 aromatic carbocycles. The maximum atomic E-state index is 4.52. The van der Waals surface area contributed by atoms with Gasteiger partial charge in [-0.1, -0.05) is 6.92 Å². The summed E-state index contributed by atoms with van der Waals surface area (Å²) in [5.74, 6) is 1.15. The van der Waals surface area contributed by atoms with E-state index in [4.69, 9.17) is 0 Å². The van der Waals surface area contributed by atoms with E-state index in [1.54, 1.807) is 0 Å². The van der Waals surface area contributed by atoms with E-state index in [1.807, 2.05) is 6.20 Å². The van der Waals surface area contributed by atoms with Gasteiger partial charge in [0.2, 0.25) is 0 Å². The fourth-order valence-corrected chi connectivity index (χ4v) is 2.50. The summed E-state index contributed by atoms with van der Waals surface area (Å²) in [4.78, 5) is 6.99. The van der Waals surface area contributed by atoms with Crippen LogP contribution in [-0.4, -0.2) is 30.7 Å². The zero-order chi connectivity index (χ0) is 12.1. The SMILES string of the molecule is CCNCC1CCCCN1c1cc(C)ccn1. The summed E-state index contributed by atoms with van der Waals surface area (Å²) in [6.45, 7) is 7.57. The molecule has 1 aliphatic rings. The molecule has 0 spiro atoms. The molecule has 3 nitrogen and oxygen atoms in total. The zero-order valence-corrected chi connectivity index (χ0v) is 10.9. The van der Waals surface area contributed by atoms with Gasteiger partial charge in [-0.2, -0.15) is 0 Å². The largest absolute Gasteiger partial charge is 0.352 e. The minimum Gasteiger partial charge on any atom is -0.352 e. The summed E-state index contributed by atoms with van der Waals surface area (Å²) in [5.41, 5.74) is 1.29. The monoisotopic (exact) mass is 233 g/mol. The van der Waals surface area contributed by atoms with Crippen molar-refractivity contribution in [3.63, 3.8) is 0 Å². The third-order valence-corrected chi connectivity index (χ3v) is 3.45. The van der Waals surface area contributed by atoms with Gasteiger partial charge >= 0.3 is 0 Å². The highest BCUT2D eigenvalue weighted by Gasteiger charge is 2.22. The number of rotatable bonds is 4. The topological polar surface area (TPSA) is 28.2 Å². The van der Waals surface area contributed by atoms with Gasteiger partial charge in [-0.3, -0.25) is 0 Å². The predicted molar refractivity (Wildman–Crippen MR) is 72.5 cm³/mol. The Morgan fingerprint density at radius 1 is 1.47 bits per heavy atom. The van der Waals surface area contributed by atoms with E-state index in [0.717, 1.165) is 25.5 Å². The molecule has 0 bridgehead atoms. The van der Waals surface area contributed by atoms with E-state index in [2.05, 4.69) is 41.2 Å². The van der Waals surface area contributed by atoms with Crippen LogP contribution in [0.5, 0.6) is 0 Å². The highest BCUT2D eigenvalue weighted by Crippen LogP contribution is 2.23. The molecular weight excluding hydrogens is 210 g/mol. The fourth-order valence-electron chi connectivity index (χ4n) is 2.50. The van der Waals surface area contributed by atoms with Crippen molar-refractivity contribution in [2.45, 2.75) is 39.2 Å². The van der Waals surface area contributed by atoms with Crippen LogP contribution in [0.4, 0.5) is 5.82 Å². The Morgan fingerprint density at radius 2 is 2.35 bits per heavy atom. The molecule has 17 heavy (non-hydrogen) atoms. The molecular formula is C14H23N3. The lowest BCUT2D eigenvalue weighted by Crippen LogP contribution is -2.46. The summed E-state index contributed by atoms with van der Waals surface area (Å²) < 4.78 is 0. The summed E-state index contributed by atoms with van der Waals surface area (Å²) in [6.07, 6.45) is 5.84. The number of likely N-dealkylation sites (N-methyl/N-ethyl adjacent to an activating group) is 1. The Kier molecular flexibility index (Phi) is 4.37. The Balaban J connectivity index is 2.10. The first-order chi connectivity index (χ1) is 8.31.